The zero-order valence-electron chi connectivity index (χ0n) is 10.9. The third kappa shape index (κ3) is 4.10. The van der Waals surface area contributed by atoms with Crippen LogP contribution in [0.4, 0.5) is 4.39 Å². The molecule has 0 fully saturated rings. The highest BCUT2D eigenvalue weighted by molar-refractivity contribution is 5.28. The Labute approximate surface area is 107 Å². The lowest BCUT2D eigenvalue weighted by Crippen LogP contribution is -2.30. The van der Waals surface area contributed by atoms with Crippen molar-refractivity contribution in [3.63, 3.8) is 0 Å². The standard InChI is InChI=1S/C14H19FN2O/c1-3-7-17(8-6-16)10-14(18)13-5-4-12(15)9-11(13)2/h4-5,9,14,18H,3,7-8,10H2,1-2H3. The normalized spacial score (nSPS) is 12.4. The van der Waals surface area contributed by atoms with Gasteiger partial charge < -0.3 is 5.11 Å². The average Bonchev–Trinajstić information content (AvgIpc) is 2.29. The van der Waals surface area contributed by atoms with Gasteiger partial charge in [-0.3, -0.25) is 4.90 Å². The van der Waals surface area contributed by atoms with Crippen LogP contribution in [-0.4, -0.2) is 29.6 Å². The third-order valence-corrected chi connectivity index (χ3v) is 2.86. The third-order valence-electron chi connectivity index (χ3n) is 2.86. The Kier molecular flexibility index (Phi) is 5.76. The van der Waals surface area contributed by atoms with Gasteiger partial charge >= 0.3 is 0 Å². The number of hydrogen-bond donors (Lipinski definition) is 1. The zero-order chi connectivity index (χ0) is 13.5. The number of benzene rings is 1. The van der Waals surface area contributed by atoms with E-state index in [1.165, 1.54) is 12.1 Å². The first-order chi connectivity index (χ1) is 8.58. The van der Waals surface area contributed by atoms with E-state index in [9.17, 15) is 9.50 Å². The number of aryl methyl sites for hydroxylation is 1. The minimum atomic E-state index is -0.689. The number of aliphatic hydroxyl groups excluding tert-OH is 1. The second kappa shape index (κ2) is 7.10. The summed E-state index contributed by atoms with van der Waals surface area (Å²) < 4.78 is 13.0. The molecule has 0 aliphatic heterocycles. The summed E-state index contributed by atoms with van der Waals surface area (Å²) in [6.07, 6.45) is 0.238. The van der Waals surface area contributed by atoms with Crippen LogP contribution in [0.5, 0.6) is 0 Å². The molecular weight excluding hydrogens is 231 g/mol. The lowest BCUT2D eigenvalue weighted by Gasteiger charge is -2.23. The predicted molar refractivity (Wildman–Crippen MR) is 68.4 cm³/mol. The van der Waals surface area contributed by atoms with Crippen LogP contribution in [0.2, 0.25) is 0 Å². The minimum absolute atomic E-state index is 0.297. The first-order valence-corrected chi connectivity index (χ1v) is 6.12. The molecule has 98 valence electrons. The summed E-state index contributed by atoms with van der Waals surface area (Å²) in [4.78, 5) is 1.90. The van der Waals surface area contributed by atoms with Crippen molar-refractivity contribution in [2.45, 2.75) is 26.4 Å². The van der Waals surface area contributed by atoms with Gasteiger partial charge in [-0.05, 0) is 43.1 Å². The highest BCUT2D eigenvalue weighted by Gasteiger charge is 2.15. The van der Waals surface area contributed by atoms with Crippen molar-refractivity contribution in [2.24, 2.45) is 0 Å². The van der Waals surface area contributed by atoms with Gasteiger partial charge in [0.05, 0.1) is 18.7 Å². The molecular formula is C14H19FN2O. The molecule has 1 aromatic rings. The van der Waals surface area contributed by atoms with Gasteiger partial charge in [0.15, 0.2) is 0 Å². The zero-order valence-corrected chi connectivity index (χ0v) is 10.9. The first-order valence-electron chi connectivity index (χ1n) is 6.12. The van der Waals surface area contributed by atoms with E-state index in [1.54, 1.807) is 13.0 Å². The van der Waals surface area contributed by atoms with Crippen molar-refractivity contribution >= 4 is 0 Å². The van der Waals surface area contributed by atoms with Crippen molar-refractivity contribution < 1.29 is 9.50 Å². The molecule has 1 rings (SSSR count). The summed E-state index contributed by atoms with van der Waals surface area (Å²) in [6.45, 7) is 5.26. The number of halogens is 1. The minimum Gasteiger partial charge on any atom is -0.387 e. The van der Waals surface area contributed by atoms with Gasteiger partial charge in [0.2, 0.25) is 0 Å². The van der Waals surface area contributed by atoms with Gasteiger partial charge in [-0.25, -0.2) is 4.39 Å². The molecule has 18 heavy (non-hydrogen) atoms. The van der Waals surface area contributed by atoms with E-state index in [-0.39, 0.29) is 5.82 Å². The molecule has 3 nitrogen and oxygen atoms in total. The summed E-state index contributed by atoms with van der Waals surface area (Å²) in [6, 6.07) is 6.45. The topological polar surface area (TPSA) is 47.3 Å². The van der Waals surface area contributed by atoms with Crippen LogP contribution in [0, 0.1) is 24.1 Å². The Morgan fingerprint density at radius 3 is 2.78 bits per heavy atom. The molecule has 1 atom stereocenters. The Balaban J connectivity index is 2.74. The quantitative estimate of drug-likeness (QED) is 0.789. The molecule has 0 saturated heterocycles. The van der Waals surface area contributed by atoms with Gasteiger partial charge in [-0.1, -0.05) is 13.0 Å². The molecule has 0 bridgehead atoms. The summed E-state index contributed by atoms with van der Waals surface area (Å²) >= 11 is 0. The fraction of sp³-hybridized carbons (Fsp3) is 0.500. The van der Waals surface area contributed by atoms with Crippen molar-refractivity contribution in [2.75, 3.05) is 19.6 Å². The molecule has 0 heterocycles. The SMILES string of the molecule is CCCN(CC#N)CC(O)c1ccc(F)cc1C. The maximum Gasteiger partial charge on any atom is 0.123 e. The van der Waals surface area contributed by atoms with Crippen molar-refractivity contribution in [3.8, 4) is 6.07 Å². The number of nitrogens with zero attached hydrogens (tertiary/aromatic N) is 2. The van der Waals surface area contributed by atoms with E-state index in [1.807, 2.05) is 11.8 Å². The van der Waals surface area contributed by atoms with Gasteiger partial charge in [-0.2, -0.15) is 5.26 Å². The molecule has 1 N–H and O–H groups in total. The van der Waals surface area contributed by atoms with Crippen LogP contribution in [0.15, 0.2) is 18.2 Å². The van der Waals surface area contributed by atoms with Gasteiger partial charge in [-0.15, -0.1) is 0 Å². The second-order valence-corrected chi connectivity index (χ2v) is 4.41. The van der Waals surface area contributed by atoms with E-state index in [2.05, 4.69) is 6.07 Å². The highest BCUT2D eigenvalue weighted by atomic mass is 19.1. The maximum atomic E-state index is 13.0. The molecule has 0 aliphatic carbocycles. The lowest BCUT2D eigenvalue weighted by molar-refractivity contribution is 0.119. The smallest absolute Gasteiger partial charge is 0.123 e. The molecule has 0 spiro atoms. The maximum absolute atomic E-state index is 13.0. The van der Waals surface area contributed by atoms with Crippen LogP contribution in [-0.2, 0) is 0 Å². The van der Waals surface area contributed by atoms with Gasteiger partial charge in [0.1, 0.15) is 5.82 Å². The molecule has 0 saturated carbocycles. The Bertz CT molecular complexity index is 428. The van der Waals surface area contributed by atoms with Crippen molar-refractivity contribution in [1.29, 1.82) is 5.26 Å². The average molecular weight is 250 g/mol. The Morgan fingerprint density at radius 1 is 1.50 bits per heavy atom. The fourth-order valence-electron chi connectivity index (χ4n) is 2.01. The van der Waals surface area contributed by atoms with Crippen LogP contribution in [0.1, 0.15) is 30.6 Å². The highest BCUT2D eigenvalue weighted by Crippen LogP contribution is 2.19. The van der Waals surface area contributed by atoms with E-state index in [0.29, 0.717) is 13.1 Å². The molecule has 1 unspecified atom stereocenters. The second-order valence-electron chi connectivity index (χ2n) is 4.41. The van der Waals surface area contributed by atoms with E-state index in [0.717, 1.165) is 24.1 Å². The van der Waals surface area contributed by atoms with Crippen molar-refractivity contribution in [3.05, 3.63) is 35.1 Å². The number of aliphatic hydroxyl groups is 1. The van der Waals surface area contributed by atoms with Gasteiger partial charge in [0.25, 0.3) is 0 Å². The first kappa shape index (κ1) is 14.6. The molecule has 0 amide bonds. The molecule has 1 aromatic carbocycles. The van der Waals surface area contributed by atoms with E-state index in [4.69, 9.17) is 5.26 Å². The fourth-order valence-corrected chi connectivity index (χ4v) is 2.01. The molecule has 0 radical (unpaired) electrons. The van der Waals surface area contributed by atoms with E-state index >= 15 is 0 Å². The monoisotopic (exact) mass is 250 g/mol. The summed E-state index contributed by atoms with van der Waals surface area (Å²) in [5, 5.41) is 18.9. The number of nitriles is 1. The summed E-state index contributed by atoms with van der Waals surface area (Å²) in [7, 11) is 0. The molecule has 4 heteroatoms. The predicted octanol–water partition coefficient (Wildman–Crippen LogP) is 2.40. The summed E-state index contributed by atoms with van der Waals surface area (Å²) in [5.74, 6) is -0.300. The molecule has 0 aliphatic rings. The largest absolute Gasteiger partial charge is 0.387 e. The van der Waals surface area contributed by atoms with Crippen molar-refractivity contribution in [1.82, 2.24) is 4.90 Å². The van der Waals surface area contributed by atoms with Crippen LogP contribution >= 0.6 is 0 Å². The van der Waals surface area contributed by atoms with Gasteiger partial charge in [0, 0.05) is 6.54 Å². The molecule has 0 aromatic heterocycles. The number of rotatable bonds is 6. The Hall–Kier alpha value is -1.44. The Morgan fingerprint density at radius 2 is 2.22 bits per heavy atom. The van der Waals surface area contributed by atoms with Crippen LogP contribution in [0.3, 0.4) is 0 Å². The van der Waals surface area contributed by atoms with Crippen LogP contribution in [0.25, 0.3) is 0 Å². The number of hydrogen-bond acceptors (Lipinski definition) is 3. The van der Waals surface area contributed by atoms with Crippen LogP contribution < -0.4 is 0 Å². The van der Waals surface area contributed by atoms with E-state index < -0.39 is 6.10 Å². The summed E-state index contributed by atoms with van der Waals surface area (Å²) in [5.41, 5.74) is 1.45. The lowest BCUT2D eigenvalue weighted by atomic mass is 10.0.